The number of anilines is 1. The Morgan fingerprint density at radius 1 is 1.33 bits per heavy atom. The molecular formula is C13H12N4O4. The molecule has 108 valence electrons. The van der Waals surface area contributed by atoms with E-state index in [1.807, 2.05) is 0 Å². The normalized spacial score (nSPS) is 15.3. The van der Waals surface area contributed by atoms with Gasteiger partial charge in [0.15, 0.2) is 5.82 Å². The number of amides is 3. The number of carbonyl (C=O) groups is 3. The molecule has 0 unspecified atom stereocenters. The fraction of sp³-hybridized carbons (Fsp3) is 0.231. The van der Waals surface area contributed by atoms with Gasteiger partial charge in [0.05, 0.1) is 5.52 Å². The fourth-order valence-electron chi connectivity index (χ4n) is 2.32. The van der Waals surface area contributed by atoms with Crippen LogP contribution in [-0.2, 0) is 16.1 Å². The number of carbonyl (C=O) groups excluding carboxylic acids is 2. The van der Waals surface area contributed by atoms with Crippen molar-refractivity contribution in [2.24, 2.45) is 0 Å². The molecule has 8 heteroatoms. The van der Waals surface area contributed by atoms with Crippen molar-refractivity contribution >= 4 is 34.6 Å². The van der Waals surface area contributed by atoms with Gasteiger partial charge in [-0.25, -0.2) is 4.79 Å². The molecule has 0 aliphatic carbocycles. The lowest BCUT2D eigenvalue weighted by atomic mass is 10.2. The van der Waals surface area contributed by atoms with Gasteiger partial charge in [0.2, 0.25) is 5.91 Å². The molecule has 2 heterocycles. The number of nitrogens with one attached hydrogen (secondary N) is 1. The molecule has 1 aromatic carbocycles. The highest BCUT2D eigenvalue weighted by Crippen LogP contribution is 2.27. The zero-order valence-corrected chi connectivity index (χ0v) is 10.9. The molecule has 1 fully saturated rings. The van der Waals surface area contributed by atoms with E-state index < -0.39 is 12.0 Å². The summed E-state index contributed by atoms with van der Waals surface area (Å²) in [6.07, 6.45) is 0.186. The van der Waals surface area contributed by atoms with Crippen LogP contribution >= 0.6 is 0 Å². The minimum absolute atomic E-state index is 0.186. The topological polar surface area (TPSA) is 105 Å². The Bertz CT molecular complexity index is 752. The number of aromatic nitrogens is 2. The van der Waals surface area contributed by atoms with Crippen molar-refractivity contribution in [3.63, 3.8) is 0 Å². The van der Waals surface area contributed by atoms with Crippen LogP contribution in [0.15, 0.2) is 24.3 Å². The molecule has 1 aliphatic heterocycles. The third-order valence-corrected chi connectivity index (χ3v) is 3.23. The smallest absolute Gasteiger partial charge is 0.329 e. The van der Waals surface area contributed by atoms with E-state index in [1.54, 1.807) is 24.3 Å². The van der Waals surface area contributed by atoms with Crippen LogP contribution in [0.5, 0.6) is 0 Å². The lowest BCUT2D eigenvalue weighted by molar-refractivity contribution is -0.137. The summed E-state index contributed by atoms with van der Waals surface area (Å²) < 4.78 is 1.33. The molecule has 3 amide bonds. The standard InChI is InChI=1S/C13H12N4O4/c18-10-5-6-16(13(21)14-10)12-8-3-1-2-4-9(8)17(15-12)7-11(19)20/h1-4H,5-7H2,(H,19,20)(H,14,18,21). The molecule has 2 aromatic rings. The molecule has 1 aliphatic rings. The van der Waals surface area contributed by atoms with E-state index in [-0.39, 0.29) is 25.4 Å². The average molecular weight is 288 g/mol. The molecule has 21 heavy (non-hydrogen) atoms. The first-order valence-electron chi connectivity index (χ1n) is 6.35. The number of carboxylic acids is 1. The van der Waals surface area contributed by atoms with Gasteiger partial charge in [0.1, 0.15) is 6.54 Å². The molecule has 2 N–H and O–H groups in total. The van der Waals surface area contributed by atoms with Crippen molar-refractivity contribution in [1.29, 1.82) is 0 Å². The first kappa shape index (κ1) is 13.1. The minimum Gasteiger partial charge on any atom is -0.480 e. The van der Waals surface area contributed by atoms with Gasteiger partial charge in [-0.05, 0) is 12.1 Å². The van der Waals surface area contributed by atoms with Crippen molar-refractivity contribution in [2.45, 2.75) is 13.0 Å². The number of imide groups is 1. The molecular weight excluding hydrogens is 276 g/mol. The summed E-state index contributed by atoms with van der Waals surface area (Å²) in [5, 5.41) is 16.0. The van der Waals surface area contributed by atoms with Gasteiger partial charge in [-0.3, -0.25) is 24.5 Å². The van der Waals surface area contributed by atoms with Crippen LogP contribution in [-0.4, -0.2) is 39.3 Å². The number of rotatable bonds is 3. The summed E-state index contributed by atoms with van der Waals surface area (Å²) in [6, 6.07) is 6.51. The number of carboxylic acid groups (broad SMARTS) is 1. The van der Waals surface area contributed by atoms with E-state index in [0.29, 0.717) is 16.7 Å². The molecule has 0 bridgehead atoms. The SMILES string of the molecule is O=C(O)Cn1nc(N2CCC(=O)NC2=O)c2ccccc21. The largest absolute Gasteiger partial charge is 0.480 e. The van der Waals surface area contributed by atoms with Crippen molar-refractivity contribution in [1.82, 2.24) is 15.1 Å². The monoisotopic (exact) mass is 288 g/mol. The number of hydrogen-bond acceptors (Lipinski definition) is 4. The second kappa shape index (κ2) is 4.89. The lowest BCUT2D eigenvalue weighted by Crippen LogP contribution is -2.49. The van der Waals surface area contributed by atoms with Gasteiger partial charge in [-0.15, -0.1) is 0 Å². The maximum Gasteiger partial charge on any atom is 0.329 e. The van der Waals surface area contributed by atoms with Gasteiger partial charge >= 0.3 is 12.0 Å². The molecule has 1 saturated heterocycles. The highest BCUT2D eigenvalue weighted by molar-refractivity contribution is 6.08. The Labute approximate surface area is 118 Å². The quantitative estimate of drug-likeness (QED) is 0.859. The van der Waals surface area contributed by atoms with E-state index in [1.165, 1.54) is 9.58 Å². The average Bonchev–Trinajstić information content (AvgIpc) is 2.77. The zero-order valence-electron chi connectivity index (χ0n) is 10.9. The number of aliphatic carboxylic acids is 1. The van der Waals surface area contributed by atoms with Crippen molar-refractivity contribution in [2.75, 3.05) is 11.4 Å². The van der Waals surface area contributed by atoms with E-state index in [0.717, 1.165) is 0 Å². The summed E-state index contributed by atoms with van der Waals surface area (Å²) in [5.41, 5.74) is 0.625. The maximum atomic E-state index is 11.9. The molecule has 0 spiro atoms. The minimum atomic E-state index is -1.02. The maximum absolute atomic E-state index is 11.9. The second-order valence-electron chi connectivity index (χ2n) is 4.65. The van der Waals surface area contributed by atoms with Gasteiger partial charge in [0.25, 0.3) is 0 Å². The summed E-state index contributed by atoms with van der Waals surface area (Å²) in [5.74, 6) is -0.990. The van der Waals surface area contributed by atoms with Crippen LogP contribution in [0.2, 0.25) is 0 Å². The van der Waals surface area contributed by atoms with E-state index in [2.05, 4.69) is 10.4 Å². The molecule has 3 rings (SSSR count). The molecule has 1 aromatic heterocycles. The van der Waals surface area contributed by atoms with Gasteiger partial charge in [0, 0.05) is 18.4 Å². The third-order valence-electron chi connectivity index (χ3n) is 3.23. The Hall–Kier alpha value is -2.90. The predicted octanol–water partition coefficient (Wildman–Crippen LogP) is 0.567. The van der Waals surface area contributed by atoms with E-state index in [4.69, 9.17) is 5.11 Å². The first-order valence-corrected chi connectivity index (χ1v) is 6.35. The van der Waals surface area contributed by atoms with Gasteiger partial charge < -0.3 is 5.11 Å². The van der Waals surface area contributed by atoms with Crippen LogP contribution in [0.3, 0.4) is 0 Å². The van der Waals surface area contributed by atoms with Gasteiger partial charge in [-0.2, -0.15) is 5.10 Å². The number of benzene rings is 1. The number of fused-ring (bicyclic) bond motifs is 1. The van der Waals surface area contributed by atoms with Crippen LogP contribution < -0.4 is 10.2 Å². The van der Waals surface area contributed by atoms with Crippen molar-refractivity contribution in [3.05, 3.63) is 24.3 Å². The molecule has 8 nitrogen and oxygen atoms in total. The number of nitrogens with zero attached hydrogens (tertiary/aromatic N) is 3. The summed E-state index contributed by atoms with van der Waals surface area (Å²) in [4.78, 5) is 35.4. The summed E-state index contributed by atoms with van der Waals surface area (Å²) >= 11 is 0. The summed E-state index contributed by atoms with van der Waals surface area (Å²) in [7, 11) is 0. The molecule has 0 radical (unpaired) electrons. The predicted molar refractivity (Wildman–Crippen MR) is 72.9 cm³/mol. The Balaban J connectivity index is 2.08. The Morgan fingerprint density at radius 2 is 2.10 bits per heavy atom. The number of urea groups is 1. The fourth-order valence-corrected chi connectivity index (χ4v) is 2.32. The van der Waals surface area contributed by atoms with E-state index >= 15 is 0 Å². The lowest BCUT2D eigenvalue weighted by Gasteiger charge is -2.24. The Kier molecular flexibility index (Phi) is 3.05. The molecule has 0 atom stereocenters. The third kappa shape index (κ3) is 2.31. The van der Waals surface area contributed by atoms with Crippen LogP contribution in [0.25, 0.3) is 10.9 Å². The highest BCUT2D eigenvalue weighted by Gasteiger charge is 2.28. The highest BCUT2D eigenvalue weighted by atomic mass is 16.4. The second-order valence-corrected chi connectivity index (χ2v) is 4.65. The van der Waals surface area contributed by atoms with Gasteiger partial charge in [-0.1, -0.05) is 12.1 Å². The summed E-state index contributed by atoms with van der Waals surface area (Å²) in [6.45, 7) is -0.0757. The molecule has 0 saturated carbocycles. The van der Waals surface area contributed by atoms with Crippen LogP contribution in [0, 0.1) is 0 Å². The Morgan fingerprint density at radius 3 is 2.81 bits per heavy atom. The first-order chi connectivity index (χ1) is 10.1. The zero-order chi connectivity index (χ0) is 15.0. The van der Waals surface area contributed by atoms with Crippen molar-refractivity contribution in [3.8, 4) is 0 Å². The number of para-hydroxylation sites is 1. The van der Waals surface area contributed by atoms with Crippen molar-refractivity contribution < 1.29 is 19.5 Å². The van der Waals surface area contributed by atoms with Crippen LogP contribution in [0.1, 0.15) is 6.42 Å². The van der Waals surface area contributed by atoms with Crippen LogP contribution in [0.4, 0.5) is 10.6 Å². The van der Waals surface area contributed by atoms with E-state index in [9.17, 15) is 14.4 Å². The number of hydrogen-bond donors (Lipinski definition) is 2.